The smallest absolute Gasteiger partial charge is 0.259 e. The van der Waals surface area contributed by atoms with E-state index in [2.05, 4.69) is 15.5 Å². The minimum atomic E-state index is -0.286. The third-order valence-corrected chi connectivity index (χ3v) is 5.67. The first kappa shape index (κ1) is 21.6. The number of hydrogen-bond acceptors (Lipinski definition) is 6. The molecule has 162 valence electrons. The van der Waals surface area contributed by atoms with Gasteiger partial charge in [0.25, 0.3) is 11.4 Å². The molecule has 0 radical (unpaired) electrons. The van der Waals surface area contributed by atoms with Crippen molar-refractivity contribution in [2.75, 3.05) is 6.26 Å². The lowest BCUT2D eigenvalue weighted by Gasteiger charge is -2.08. The van der Waals surface area contributed by atoms with Gasteiger partial charge in [-0.05, 0) is 36.9 Å². The van der Waals surface area contributed by atoms with E-state index < -0.39 is 0 Å². The molecule has 0 fully saturated rings. The molecule has 0 unspecified atom stereocenters. The summed E-state index contributed by atoms with van der Waals surface area (Å²) in [5, 5.41) is 6.87. The van der Waals surface area contributed by atoms with E-state index in [1.54, 1.807) is 24.0 Å². The molecule has 2 aromatic heterocycles. The van der Waals surface area contributed by atoms with Gasteiger partial charge in [-0.2, -0.15) is 4.98 Å². The predicted molar refractivity (Wildman–Crippen MR) is 124 cm³/mol. The molecule has 2 heterocycles. The highest BCUT2D eigenvalue weighted by Crippen LogP contribution is 2.21. The zero-order valence-corrected chi connectivity index (χ0v) is 18.6. The van der Waals surface area contributed by atoms with E-state index in [1.807, 2.05) is 61.7 Å². The molecular weight excluding hydrogens is 424 g/mol. The Labute approximate surface area is 189 Å². The highest BCUT2D eigenvalue weighted by Gasteiger charge is 2.13. The van der Waals surface area contributed by atoms with Crippen LogP contribution in [0.1, 0.15) is 11.1 Å². The number of benzene rings is 2. The first-order valence-corrected chi connectivity index (χ1v) is 11.3. The first-order chi connectivity index (χ1) is 15.5. The van der Waals surface area contributed by atoms with Gasteiger partial charge in [0, 0.05) is 29.3 Å². The Morgan fingerprint density at radius 1 is 1.03 bits per heavy atom. The molecule has 0 aliphatic rings. The maximum atomic E-state index is 12.4. The van der Waals surface area contributed by atoms with Gasteiger partial charge >= 0.3 is 0 Å². The van der Waals surface area contributed by atoms with Crippen LogP contribution in [-0.2, 0) is 17.9 Å². The van der Waals surface area contributed by atoms with Crippen molar-refractivity contribution >= 4 is 17.7 Å². The second-order valence-electron chi connectivity index (χ2n) is 7.30. The van der Waals surface area contributed by atoms with Crippen molar-refractivity contribution in [1.82, 2.24) is 20.0 Å². The van der Waals surface area contributed by atoms with Crippen LogP contribution >= 0.6 is 11.8 Å². The maximum Gasteiger partial charge on any atom is 0.259 e. The molecule has 0 saturated carbocycles. The molecular formula is C24H22N4O3S. The van der Waals surface area contributed by atoms with Crippen molar-refractivity contribution in [1.29, 1.82) is 0 Å². The van der Waals surface area contributed by atoms with Crippen molar-refractivity contribution in [2.45, 2.75) is 24.9 Å². The number of carbonyl (C=O) groups excluding carboxylic acids is 1. The van der Waals surface area contributed by atoms with Crippen molar-refractivity contribution in [3.8, 4) is 22.8 Å². The quantitative estimate of drug-likeness (QED) is 0.433. The number of thioether (sulfide) groups is 1. The predicted octanol–water partition coefficient (Wildman–Crippen LogP) is 3.91. The topological polar surface area (TPSA) is 90.0 Å². The summed E-state index contributed by atoms with van der Waals surface area (Å²) in [6, 6.07) is 18.7. The maximum absolute atomic E-state index is 12.4. The Morgan fingerprint density at radius 2 is 1.75 bits per heavy atom. The van der Waals surface area contributed by atoms with Crippen molar-refractivity contribution in [2.24, 2.45) is 0 Å². The molecule has 0 aliphatic heterocycles. The van der Waals surface area contributed by atoms with Gasteiger partial charge in [0.1, 0.15) is 6.54 Å². The Hall–Kier alpha value is -3.65. The normalized spacial score (nSPS) is 10.8. The molecule has 1 amide bonds. The molecule has 1 N–H and O–H groups in total. The molecule has 7 nitrogen and oxygen atoms in total. The van der Waals surface area contributed by atoms with Crippen LogP contribution in [-0.4, -0.2) is 26.9 Å². The number of pyridine rings is 1. The van der Waals surface area contributed by atoms with Gasteiger partial charge in [0.05, 0.1) is 5.56 Å². The van der Waals surface area contributed by atoms with Gasteiger partial charge in [-0.1, -0.05) is 47.1 Å². The third kappa shape index (κ3) is 5.15. The molecule has 0 bridgehead atoms. The number of aromatic nitrogens is 3. The van der Waals surface area contributed by atoms with Gasteiger partial charge in [0.2, 0.25) is 11.7 Å². The first-order valence-electron chi connectivity index (χ1n) is 10.0. The van der Waals surface area contributed by atoms with Crippen LogP contribution in [0.15, 0.2) is 81.1 Å². The van der Waals surface area contributed by atoms with E-state index >= 15 is 0 Å². The molecule has 0 spiro atoms. The van der Waals surface area contributed by atoms with Crippen molar-refractivity contribution in [3.63, 3.8) is 0 Å². The standard InChI is InChI=1S/C24H22N4O3S/c1-16-3-7-18(8-4-16)23-26-24(31-27-23)19-9-12-22(30)28(14-19)15-21(29)25-13-17-5-10-20(32-2)11-6-17/h3-12,14H,13,15H2,1-2H3,(H,25,29). The largest absolute Gasteiger partial charge is 0.350 e. The fourth-order valence-corrected chi connectivity index (χ4v) is 3.50. The molecule has 32 heavy (non-hydrogen) atoms. The number of amides is 1. The van der Waals surface area contributed by atoms with E-state index in [-0.39, 0.29) is 23.9 Å². The number of hydrogen-bond donors (Lipinski definition) is 1. The number of nitrogens with zero attached hydrogens (tertiary/aromatic N) is 3. The number of carbonyl (C=O) groups is 1. The second kappa shape index (κ2) is 9.65. The summed E-state index contributed by atoms with van der Waals surface area (Å²) in [6.45, 7) is 2.30. The van der Waals surface area contributed by atoms with Crippen LogP contribution in [0.4, 0.5) is 0 Å². The van der Waals surface area contributed by atoms with Gasteiger partial charge in [-0.3, -0.25) is 9.59 Å². The third-order valence-electron chi connectivity index (χ3n) is 4.93. The summed E-state index contributed by atoms with van der Waals surface area (Å²) in [4.78, 5) is 30.2. The van der Waals surface area contributed by atoms with Gasteiger partial charge in [-0.25, -0.2) is 0 Å². The van der Waals surface area contributed by atoms with Crippen LogP contribution in [0.5, 0.6) is 0 Å². The molecule has 0 atom stereocenters. The van der Waals surface area contributed by atoms with E-state index in [0.29, 0.717) is 17.9 Å². The molecule has 2 aromatic carbocycles. The summed E-state index contributed by atoms with van der Waals surface area (Å²) < 4.78 is 6.71. The number of aryl methyl sites for hydroxylation is 1. The Morgan fingerprint density at radius 3 is 2.47 bits per heavy atom. The molecule has 0 aliphatic carbocycles. The van der Waals surface area contributed by atoms with Gasteiger partial charge < -0.3 is 14.4 Å². The summed E-state index contributed by atoms with van der Waals surface area (Å²) >= 11 is 1.66. The van der Waals surface area contributed by atoms with E-state index in [0.717, 1.165) is 21.6 Å². The minimum Gasteiger partial charge on any atom is -0.350 e. The van der Waals surface area contributed by atoms with Crippen molar-refractivity contribution in [3.05, 3.63) is 88.3 Å². The molecule has 4 aromatic rings. The lowest BCUT2D eigenvalue weighted by molar-refractivity contribution is -0.121. The molecule has 8 heteroatoms. The lowest BCUT2D eigenvalue weighted by Crippen LogP contribution is -2.31. The summed E-state index contributed by atoms with van der Waals surface area (Å²) in [5.74, 6) is 0.482. The Kier molecular flexibility index (Phi) is 6.51. The highest BCUT2D eigenvalue weighted by atomic mass is 32.2. The van der Waals surface area contributed by atoms with Crippen LogP contribution < -0.4 is 10.9 Å². The zero-order chi connectivity index (χ0) is 22.5. The Balaban J connectivity index is 1.45. The van der Waals surface area contributed by atoms with Crippen LogP contribution in [0, 0.1) is 6.92 Å². The average Bonchev–Trinajstić information content (AvgIpc) is 3.30. The minimum absolute atomic E-state index is 0.103. The second-order valence-corrected chi connectivity index (χ2v) is 8.18. The molecule has 0 saturated heterocycles. The summed E-state index contributed by atoms with van der Waals surface area (Å²) in [5.41, 5.74) is 3.25. The van der Waals surface area contributed by atoms with Crippen LogP contribution in [0.3, 0.4) is 0 Å². The lowest BCUT2D eigenvalue weighted by atomic mass is 10.1. The molecule has 4 rings (SSSR count). The Bertz CT molecular complexity index is 1280. The zero-order valence-electron chi connectivity index (χ0n) is 17.7. The highest BCUT2D eigenvalue weighted by molar-refractivity contribution is 7.98. The number of nitrogens with one attached hydrogen (secondary N) is 1. The summed E-state index contributed by atoms with van der Waals surface area (Å²) in [6.07, 6.45) is 3.57. The van der Waals surface area contributed by atoms with Gasteiger partial charge in [0.15, 0.2) is 0 Å². The fraction of sp³-hybridized carbons (Fsp3) is 0.167. The average molecular weight is 447 g/mol. The monoisotopic (exact) mass is 446 g/mol. The van der Waals surface area contributed by atoms with Crippen LogP contribution in [0.2, 0.25) is 0 Å². The van der Waals surface area contributed by atoms with Crippen LogP contribution in [0.25, 0.3) is 22.8 Å². The van der Waals surface area contributed by atoms with E-state index in [4.69, 9.17) is 4.52 Å². The van der Waals surface area contributed by atoms with Crippen molar-refractivity contribution < 1.29 is 9.32 Å². The van der Waals surface area contributed by atoms with Gasteiger partial charge in [-0.15, -0.1) is 11.8 Å². The SMILES string of the molecule is CSc1ccc(CNC(=O)Cn2cc(-c3nc(-c4ccc(C)cc4)no3)ccc2=O)cc1. The van der Waals surface area contributed by atoms with E-state index in [1.165, 1.54) is 10.6 Å². The van der Waals surface area contributed by atoms with E-state index in [9.17, 15) is 9.59 Å². The summed E-state index contributed by atoms with van der Waals surface area (Å²) in [7, 11) is 0. The fourth-order valence-electron chi connectivity index (χ4n) is 3.10. The number of rotatable bonds is 7.